The van der Waals surface area contributed by atoms with Crippen molar-refractivity contribution in [2.45, 2.75) is 19.8 Å². The second-order valence-electron chi connectivity index (χ2n) is 2.66. The molecule has 0 atom stereocenters. The monoisotopic (exact) mass is 194 g/mol. The maximum Gasteiger partial charge on any atom is 0.234 e. The lowest BCUT2D eigenvalue weighted by molar-refractivity contribution is -0.120. The van der Waals surface area contributed by atoms with Crippen molar-refractivity contribution in [2.24, 2.45) is 0 Å². The molecule has 6 heteroatoms. The highest BCUT2D eigenvalue weighted by molar-refractivity contribution is 5.77. The molecule has 0 aliphatic carbocycles. The van der Waals surface area contributed by atoms with Gasteiger partial charge in [0.15, 0.2) is 5.82 Å². The van der Waals surface area contributed by atoms with E-state index in [1.165, 1.54) is 0 Å². The fraction of sp³-hybridized carbons (Fsp3) is 0.500. The van der Waals surface area contributed by atoms with E-state index in [2.05, 4.69) is 15.5 Å². The van der Waals surface area contributed by atoms with Crippen molar-refractivity contribution >= 4 is 5.91 Å². The number of hydrogen-bond acceptors (Lipinski definition) is 5. The Hall–Kier alpha value is -1.90. The van der Waals surface area contributed by atoms with Gasteiger partial charge in [0.05, 0.1) is 6.07 Å². The van der Waals surface area contributed by atoms with Gasteiger partial charge in [-0.05, 0) is 0 Å². The molecule has 1 aromatic heterocycles. The first-order valence-electron chi connectivity index (χ1n) is 4.15. The summed E-state index contributed by atoms with van der Waals surface area (Å²) in [5.41, 5.74) is 0. The Morgan fingerprint density at radius 1 is 1.71 bits per heavy atom. The molecule has 0 unspecified atom stereocenters. The van der Waals surface area contributed by atoms with Gasteiger partial charge >= 0.3 is 0 Å². The second-order valence-corrected chi connectivity index (χ2v) is 2.66. The molecule has 0 spiro atoms. The molecule has 0 bridgehead atoms. The fourth-order valence-corrected chi connectivity index (χ4v) is 0.891. The van der Waals surface area contributed by atoms with Crippen molar-refractivity contribution in [3.8, 4) is 6.07 Å². The summed E-state index contributed by atoms with van der Waals surface area (Å²) in [5, 5.41) is 14.4. The largest absolute Gasteiger partial charge is 0.355 e. The van der Waals surface area contributed by atoms with Gasteiger partial charge in [-0.1, -0.05) is 5.16 Å². The van der Waals surface area contributed by atoms with E-state index in [0.717, 1.165) is 0 Å². The minimum absolute atomic E-state index is 0.120. The molecule has 1 amide bonds. The van der Waals surface area contributed by atoms with Crippen molar-refractivity contribution in [2.75, 3.05) is 6.54 Å². The highest BCUT2D eigenvalue weighted by Gasteiger charge is 2.03. The van der Waals surface area contributed by atoms with Crippen LogP contribution < -0.4 is 5.32 Å². The summed E-state index contributed by atoms with van der Waals surface area (Å²) >= 11 is 0. The number of carbonyl (C=O) groups is 1. The van der Waals surface area contributed by atoms with E-state index in [0.29, 0.717) is 24.7 Å². The molecule has 0 saturated carbocycles. The molecule has 6 nitrogen and oxygen atoms in total. The summed E-state index contributed by atoms with van der Waals surface area (Å²) < 4.78 is 4.74. The van der Waals surface area contributed by atoms with E-state index in [-0.39, 0.29) is 12.3 Å². The summed E-state index contributed by atoms with van der Waals surface area (Å²) in [6, 6.07) is 1.76. The SMILES string of the molecule is Cc1nc(CCNC(=O)CC#N)no1. The first-order valence-corrected chi connectivity index (χ1v) is 4.15. The third-order valence-corrected chi connectivity index (χ3v) is 1.48. The Kier molecular flexibility index (Phi) is 3.61. The lowest BCUT2D eigenvalue weighted by atomic mass is 10.4. The van der Waals surface area contributed by atoms with Crippen LogP contribution in [-0.4, -0.2) is 22.6 Å². The van der Waals surface area contributed by atoms with Crippen LogP contribution in [0.3, 0.4) is 0 Å². The van der Waals surface area contributed by atoms with E-state index in [1.54, 1.807) is 13.0 Å². The number of nitrogens with one attached hydrogen (secondary N) is 1. The minimum atomic E-state index is -0.285. The number of rotatable bonds is 4. The quantitative estimate of drug-likeness (QED) is 0.725. The first-order chi connectivity index (χ1) is 6.72. The van der Waals surface area contributed by atoms with Gasteiger partial charge in [-0.3, -0.25) is 4.79 Å². The Balaban J connectivity index is 2.22. The molecule has 0 aliphatic heterocycles. The molecular formula is C8H10N4O2. The van der Waals surface area contributed by atoms with Crippen molar-refractivity contribution in [1.29, 1.82) is 5.26 Å². The van der Waals surface area contributed by atoms with Gasteiger partial charge in [0.25, 0.3) is 0 Å². The van der Waals surface area contributed by atoms with E-state index < -0.39 is 0 Å². The number of aryl methyl sites for hydroxylation is 1. The van der Waals surface area contributed by atoms with Crippen LogP contribution in [0, 0.1) is 18.3 Å². The van der Waals surface area contributed by atoms with Crippen LogP contribution in [-0.2, 0) is 11.2 Å². The number of nitrogens with zero attached hydrogens (tertiary/aromatic N) is 3. The topological polar surface area (TPSA) is 91.8 Å². The average molecular weight is 194 g/mol. The molecule has 74 valence electrons. The number of nitriles is 1. The Morgan fingerprint density at radius 3 is 3.07 bits per heavy atom. The number of aromatic nitrogens is 2. The molecule has 1 aromatic rings. The van der Waals surface area contributed by atoms with E-state index >= 15 is 0 Å². The maximum atomic E-state index is 10.8. The average Bonchev–Trinajstić information content (AvgIpc) is 2.52. The molecule has 1 rings (SSSR count). The fourth-order valence-electron chi connectivity index (χ4n) is 0.891. The van der Waals surface area contributed by atoms with E-state index in [1.807, 2.05) is 0 Å². The molecule has 0 radical (unpaired) electrons. The molecule has 1 N–H and O–H groups in total. The van der Waals surface area contributed by atoms with Crippen molar-refractivity contribution in [3.05, 3.63) is 11.7 Å². The smallest absolute Gasteiger partial charge is 0.234 e. The number of carbonyl (C=O) groups excluding carboxylic acids is 1. The van der Waals surface area contributed by atoms with Gasteiger partial charge < -0.3 is 9.84 Å². The summed E-state index contributed by atoms with van der Waals surface area (Å²) in [5.74, 6) is 0.774. The van der Waals surface area contributed by atoms with Crippen LogP contribution in [0.2, 0.25) is 0 Å². The van der Waals surface area contributed by atoms with Crippen LogP contribution in [0.5, 0.6) is 0 Å². The summed E-state index contributed by atoms with van der Waals surface area (Å²) in [7, 11) is 0. The number of hydrogen-bond donors (Lipinski definition) is 1. The van der Waals surface area contributed by atoms with Gasteiger partial charge in [0.2, 0.25) is 11.8 Å². The van der Waals surface area contributed by atoms with Gasteiger partial charge in [-0.25, -0.2) is 0 Å². The van der Waals surface area contributed by atoms with E-state index in [4.69, 9.17) is 9.78 Å². The number of amides is 1. The van der Waals surface area contributed by atoms with Crippen LogP contribution in [0.25, 0.3) is 0 Å². The zero-order valence-corrected chi connectivity index (χ0v) is 7.78. The molecule has 0 aliphatic rings. The molecule has 0 fully saturated rings. The summed E-state index contributed by atoms with van der Waals surface area (Å²) in [6.45, 7) is 2.12. The summed E-state index contributed by atoms with van der Waals surface area (Å²) in [6.07, 6.45) is 0.389. The zero-order valence-electron chi connectivity index (χ0n) is 7.78. The van der Waals surface area contributed by atoms with Crippen LogP contribution in [0.4, 0.5) is 0 Å². The standard InChI is InChI=1S/C8H10N4O2/c1-6-11-7(12-14-6)3-5-10-8(13)2-4-9/h2-3,5H2,1H3,(H,10,13). The van der Waals surface area contributed by atoms with Crippen LogP contribution in [0.15, 0.2) is 4.52 Å². The van der Waals surface area contributed by atoms with Crippen LogP contribution in [0.1, 0.15) is 18.1 Å². The maximum absolute atomic E-state index is 10.8. The Morgan fingerprint density at radius 2 is 2.50 bits per heavy atom. The van der Waals surface area contributed by atoms with Gasteiger partial charge in [-0.2, -0.15) is 10.2 Å². The first kappa shape index (κ1) is 10.2. The predicted molar refractivity (Wildman–Crippen MR) is 46.0 cm³/mol. The molecular weight excluding hydrogens is 184 g/mol. The van der Waals surface area contributed by atoms with Crippen LogP contribution >= 0.6 is 0 Å². The zero-order chi connectivity index (χ0) is 10.4. The van der Waals surface area contributed by atoms with E-state index in [9.17, 15) is 4.79 Å². The van der Waals surface area contributed by atoms with Gasteiger partial charge in [-0.15, -0.1) is 0 Å². The van der Waals surface area contributed by atoms with Gasteiger partial charge in [0.1, 0.15) is 6.42 Å². The predicted octanol–water partition coefficient (Wildman–Crippen LogP) is -0.0496. The van der Waals surface area contributed by atoms with Crippen molar-refractivity contribution in [3.63, 3.8) is 0 Å². The Bertz CT molecular complexity index is 352. The van der Waals surface area contributed by atoms with Gasteiger partial charge in [0, 0.05) is 19.9 Å². The normalized spacial score (nSPS) is 9.43. The minimum Gasteiger partial charge on any atom is -0.355 e. The molecule has 1 heterocycles. The Labute approximate surface area is 80.9 Å². The third-order valence-electron chi connectivity index (χ3n) is 1.48. The highest BCUT2D eigenvalue weighted by Crippen LogP contribution is 1.94. The lowest BCUT2D eigenvalue weighted by Gasteiger charge is -1.98. The van der Waals surface area contributed by atoms with Crippen molar-refractivity contribution < 1.29 is 9.32 Å². The lowest BCUT2D eigenvalue weighted by Crippen LogP contribution is -2.25. The molecule has 0 aromatic carbocycles. The second kappa shape index (κ2) is 4.97. The third kappa shape index (κ3) is 3.23. The molecule has 14 heavy (non-hydrogen) atoms. The molecule has 0 saturated heterocycles. The highest BCUT2D eigenvalue weighted by atomic mass is 16.5. The summed E-state index contributed by atoms with van der Waals surface area (Å²) in [4.78, 5) is 14.8. The van der Waals surface area contributed by atoms with Crippen molar-refractivity contribution in [1.82, 2.24) is 15.5 Å².